The van der Waals surface area contributed by atoms with E-state index >= 15 is 0 Å². The summed E-state index contributed by atoms with van der Waals surface area (Å²) in [5.74, 6) is 1.40. The summed E-state index contributed by atoms with van der Waals surface area (Å²) in [5, 5.41) is 0. The van der Waals surface area contributed by atoms with E-state index in [1.807, 2.05) is 48.5 Å². The summed E-state index contributed by atoms with van der Waals surface area (Å²) in [7, 11) is 0. The van der Waals surface area contributed by atoms with Crippen molar-refractivity contribution in [3.05, 3.63) is 119 Å². The smallest absolute Gasteiger partial charge is 0.783 e. The maximum absolute atomic E-state index is 13.6. The molecule has 0 amide bonds. The maximum atomic E-state index is 13.6. The summed E-state index contributed by atoms with van der Waals surface area (Å²) in [4.78, 5) is 29.1. The summed E-state index contributed by atoms with van der Waals surface area (Å²) < 4.78 is 12.2. The fourth-order valence-electron chi connectivity index (χ4n) is 12.3. The Labute approximate surface area is 593 Å². The van der Waals surface area contributed by atoms with E-state index in [2.05, 4.69) is 76.2 Å². The Hall–Kier alpha value is -0.977. The Balaban J connectivity index is 0.000000613. The van der Waals surface area contributed by atoms with Crippen molar-refractivity contribution in [2.24, 2.45) is 0 Å². The van der Waals surface area contributed by atoms with E-state index in [0.29, 0.717) is 11.5 Å². The average molecular weight is 1410 g/mol. The molecule has 4 rings (SSSR count). The van der Waals surface area contributed by atoms with Crippen molar-refractivity contribution in [3.63, 3.8) is 0 Å². The maximum Gasteiger partial charge on any atom is 2.00 e. The SMILES string of the molecule is CCCCCCCCCCCCCCc1ccccc1OP([O-])(=S)Sc1ccccc1CCCCCCCCCCCCCC.CCCCCCCCCCCCCCc1ccccc1OP([O-])(=S)Sc1ccccc1CCCCCCCCCCCCCC.[Zn+2]. The first kappa shape index (κ1) is 86.1. The topological polar surface area (TPSA) is 64.6 Å². The molecule has 2 atom stereocenters. The molecule has 0 spiro atoms. The third kappa shape index (κ3) is 47.6. The summed E-state index contributed by atoms with van der Waals surface area (Å²) >= 11 is 13.7. The quantitative estimate of drug-likeness (QED) is 0.0246. The molecule has 11 heteroatoms. The van der Waals surface area contributed by atoms with Gasteiger partial charge in [0.15, 0.2) is 0 Å². The van der Waals surface area contributed by atoms with Crippen LogP contribution in [0.1, 0.15) is 358 Å². The molecule has 4 aromatic rings. The minimum Gasteiger partial charge on any atom is -0.783 e. The predicted octanol–water partition coefficient (Wildman–Crippen LogP) is 27.9. The van der Waals surface area contributed by atoms with Crippen LogP contribution < -0.4 is 18.8 Å². The number of benzene rings is 4. The van der Waals surface area contributed by atoms with Crippen LogP contribution in [0.5, 0.6) is 11.5 Å². The molecule has 0 saturated carbocycles. The number of aryl methyl sites for hydroxylation is 4. The molecule has 0 bridgehead atoms. The number of rotatable bonds is 60. The summed E-state index contributed by atoms with van der Waals surface area (Å²) in [6.07, 6.45) is 68.5. The van der Waals surface area contributed by atoms with Gasteiger partial charge in [0.2, 0.25) is 0 Å². The number of para-hydroxylation sites is 2. The number of unbranched alkanes of at least 4 members (excludes halogenated alkanes) is 44. The Kier molecular flexibility index (Phi) is 57.0. The first-order valence-corrected chi connectivity index (χ1v) is 45.9. The van der Waals surface area contributed by atoms with Gasteiger partial charge in [-0.15, -0.1) is 0 Å². The van der Waals surface area contributed by atoms with Crippen molar-refractivity contribution in [2.75, 3.05) is 0 Å². The fourth-order valence-corrected chi connectivity index (χ4v) is 19.7. The second-order valence-electron chi connectivity index (χ2n) is 26.2. The molecule has 4 nitrogen and oxygen atoms in total. The van der Waals surface area contributed by atoms with Crippen LogP contribution in [0.4, 0.5) is 0 Å². The molecule has 0 N–H and O–H groups in total. The fraction of sp³-hybridized carbons (Fsp3) is 0.700. The van der Waals surface area contributed by atoms with E-state index in [9.17, 15) is 9.79 Å². The predicted molar refractivity (Wildman–Crippen MR) is 406 cm³/mol. The van der Waals surface area contributed by atoms with Crippen LogP contribution in [0.3, 0.4) is 0 Å². The van der Waals surface area contributed by atoms with Gasteiger partial charge in [0.1, 0.15) is 22.9 Å². The average Bonchev–Trinajstić information content (AvgIpc) is 1.31. The third-order valence-electron chi connectivity index (χ3n) is 17.9. The van der Waals surface area contributed by atoms with Crippen LogP contribution in [0, 0.1) is 0 Å². The van der Waals surface area contributed by atoms with E-state index in [0.717, 1.165) is 59.4 Å². The van der Waals surface area contributed by atoms with Gasteiger partial charge in [-0.25, -0.2) is 0 Å². The molecule has 0 aliphatic heterocycles. The first-order chi connectivity index (χ1) is 44.1. The van der Waals surface area contributed by atoms with Gasteiger partial charge in [-0.3, -0.25) is 0 Å². The summed E-state index contributed by atoms with van der Waals surface area (Å²) in [6, 6.07) is 32.8. The largest absolute Gasteiger partial charge is 2.00 e. The standard InChI is InChI=1S/2C40H67O2PS2.Zn/c2*1-3-5-7-9-11-13-15-17-19-21-23-25-31-37-32-27-29-35-39(37)42-43(41,44)45-40-36-30-28-34-38(40)33-26-24-22-20-18-16-14-12-10-8-6-4-2;/h2*27-30,32,34-36H,3-26,31,33H2,1-2H3,(H,41,44);/q;;+2/p-2. The van der Waals surface area contributed by atoms with Gasteiger partial charge in [0.25, 0.3) is 0 Å². The van der Waals surface area contributed by atoms with E-state index in [4.69, 9.17) is 32.7 Å². The van der Waals surface area contributed by atoms with Crippen LogP contribution >= 0.6 is 34.2 Å². The van der Waals surface area contributed by atoms with Gasteiger partial charge in [-0.1, -0.05) is 429 Å². The third-order valence-corrected chi connectivity index (χ3v) is 25.2. The van der Waals surface area contributed by atoms with Gasteiger partial charge < -0.3 is 18.8 Å². The summed E-state index contributed by atoms with van der Waals surface area (Å²) in [6.45, 7) is 9.13. The zero-order chi connectivity index (χ0) is 64.5. The molecule has 2 unspecified atom stereocenters. The molecular weight excluding hydrogens is 1280 g/mol. The normalized spacial score (nSPS) is 12.6. The molecule has 512 valence electrons. The van der Waals surface area contributed by atoms with Crippen molar-refractivity contribution in [1.29, 1.82) is 0 Å². The molecule has 91 heavy (non-hydrogen) atoms. The Morgan fingerprint density at radius 3 is 0.670 bits per heavy atom. The van der Waals surface area contributed by atoms with Crippen molar-refractivity contribution in [3.8, 4) is 11.5 Å². The molecule has 0 aromatic heterocycles. The Bertz CT molecular complexity index is 2070. The Morgan fingerprint density at radius 1 is 0.264 bits per heavy atom. The molecule has 0 aliphatic carbocycles. The van der Waals surface area contributed by atoms with E-state index in [-0.39, 0.29) is 19.5 Å². The molecule has 4 aromatic carbocycles. The van der Waals surface area contributed by atoms with Gasteiger partial charge in [0.05, 0.1) is 0 Å². The van der Waals surface area contributed by atoms with Crippen molar-refractivity contribution < 1.29 is 38.3 Å². The molecule has 0 radical (unpaired) electrons. The van der Waals surface area contributed by atoms with Crippen molar-refractivity contribution in [2.45, 2.75) is 371 Å². The second kappa shape index (κ2) is 60.2. The molecular formula is C80H132O4P2S4Zn. The van der Waals surface area contributed by atoms with Gasteiger partial charge in [-0.2, -0.15) is 0 Å². The monoisotopic (exact) mass is 1410 g/mol. The summed E-state index contributed by atoms with van der Waals surface area (Å²) in [5.41, 5.74) is -1.92. The second-order valence-corrected chi connectivity index (χ2v) is 37.9. The van der Waals surface area contributed by atoms with E-state index in [1.54, 1.807) is 0 Å². The van der Waals surface area contributed by atoms with Crippen LogP contribution in [-0.2, 0) is 68.8 Å². The zero-order valence-corrected chi connectivity index (χ0v) is 66.9. The van der Waals surface area contributed by atoms with Crippen LogP contribution in [0.2, 0.25) is 0 Å². The zero-order valence-electron chi connectivity index (χ0n) is 58.9. The van der Waals surface area contributed by atoms with Crippen molar-refractivity contribution >= 4 is 57.8 Å². The van der Waals surface area contributed by atoms with Gasteiger partial charge in [0, 0.05) is 9.79 Å². The molecule has 0 aliphatic rings. The number of hydrogen-bond acceptors (Lipinski definition) is 8. The molecule has 0 saturated heterocycles. The van der Waals surface area contributed by atoms with Crippen LogP contribution in [0.15, 0.2) is 107 Å². The van der Waals surface area contributed by atoms with Gasteiger partial charge in [-0.05, 0) is 97.9 Å². The molecule has 0 fully saturated rings. The Morgan fingerprint density at radius 2 is 0.440 bits per heavy atom. The van der Waals surface area contributed by atoms with E-state index in [1.165, 1.54) is 329 Å². The van der Waals surface area contributed by atoms with Crippen LogP contribution in [-0.4, -0.2) is 0 Å². The molecule has 0 heterocycles. The minimum absolute atomic E-state index is 0. The van der Waals surface area contributed by atoms with E-state index < -0.39 is 11.4 Å². The van der Waals surface area contributed by atoms with Crippen molar-refractivity contribution in [1.82, 2.24) is 0 Å². The van der Waals surface area contributed by atoms with Crippen LogP contribution in [0.25, 0.3) is 0 Å². The minimum atomic E-state index is -3.33. The van der Waals surface area contributed by atoms with Gasteiger partial charge >= 0.3 is 19.5 Å². The first-order valence-electron chi connectivity index (χ1n) is 37.8. The number of hydrogen-bond donors (Lipinski definition) is 0.